The van der Waals surface area contributed by atoms with Gasteiger partial charge in [0.1, 0.15) is 0 Å². The Morgan fingerprint density at radius 1 is 0.654 bits per heavy atom. The summed E-state index contributed by atoms with van der Waals surface area (Å²) in [6, 6.07) is 20.4. The van der Waals surface area contributed by atoms with Gasteiger partial charge in [-0.05, 0) is 77.6 Å². The van der Waals surface area contributed by atoms with Gasteiger partial charge in [0.2, 0.25) is 0 Å². The molecule has 0 N–H and O–H groups in total. The summed E-state index contributed by atoms with van der Waals surface area (Å²) in [5.41, 5.74) is 9.75. The molecule has 0 atom stereocenters. The van der Waals surface area contributed by atoms with Crippen molar-refractivity contribution in [1.82, 2.24) is 4.98 Å². The Morgan fingerprint density at radius 3 is 2.46 bits per heavy atom. The van der Waals surface area contributed by atoms with Crippen molar-refractivity contribution < 1.29 is 0 Å². The third-order valence-electron chi connectivity index (χ3n) is 6.31. The van der Waals surface area contributed by atoms with Gasteiger partial charge in [0, 0.05) is 10.9 Å². The van der Waals surface area contributed by atoms with Crippen molar-refractivity contribution in [3.63, 3.8) is 0 Å². The molecule has 1 heterocycles. The number of pyridine rings is 1. The van der Waals surface area contributed by atoms with Crippen LogP contribution in [0.5, 0.6) is 0 Å². The summed E-state index contributed by atoms with van der Waals surface area (Å²) < 4.78 is 0. The molecule has 26 heavy (non-hydrogen) atoms. The zero-order chi connectivity index (χ0) is 17.1. The topological polar surface area (TPSA) is 12.9 Å². The SMILES string of the molecule is c1ccc2c3c(ccc2c1)CCc1cc2ccc4c(c2nc1-3)CCCC4. The summed E-state index contributed by atoms with van der Waals surface area (Å²) in [4.78, 5) is 5.32. The molecule has 2 aliphatic rings. The molecule has 1 aromatic heterocycles. The first-order valence-electron chi connectivity index (χ1n) is 9.84. The lowest BCUT2D eigenvalue weighted by Gasteiger charge is -2.23. The Balaban J connectivity index is 1.71. The summed E-state index contributed by atoms with van der Waals surface area (Å²) in [5.74, 6) is 0. The molecule has 0 unspecified atom stereocenters. The monoisotopic (exact) mass is 335 g/mol. The van der Waals surface area contributed by atoms with Crippen molar-refractivity contribution in [2.24, 2.45) is 0 Å². The Morgan fingerprint density at radius 2 is 1.46 bits per heavy atom. The molecule has 2 aliphatic carbocycles. The van der Waals surface area contributed by atoms with Gasteiger partial charge in [0.05, 0.1) is 11.2 Å². The zero-order valence-electron chi connectivity index (χ0n) is 14.9. The van der Waals surface area contributed by atoms with Crippen LogP contribution in [0.15, 0.2) is 54.6 Å². The van der Waals surface area contributed by atoms with Crippen LogP contribution in [0.4, 0.5) is 0 Å². The smallest absolute Gasteiger partial charge is 0.0750 e. The molecule has 0 saturated carbocycles. The number of benzene rings is 3. The molecule has 0 aliphatic heterocycles. The molecule has 126 valence electrons. The fraction of sp³-hybridized carbons (Fsp3) is 0.240. The van der Waals surface area contributed by atoms with Crippen molar-refractivity contribution in [1.29, 1.82) is 0 Å². The molecule has 1 heteroatoms. The first-order chi connectivity index (χ1) is 12.9. The standard InChI is InChI=1S/C25H21N/c1-3-7-21-16(5-1)9-11-18-12-14-20-15-19-13-10-17-6-2-4-8-22(17)24(19)26-25(20)23(18)21/h1,3,5,7,9-11,13,15H,2,4,6,8,12,14H2. The van der Waals surface area contributed by atoms with Gasteiger partial charge in [0.25, 0.3) is 0 Å². The maximum absolute atomic E-state index is 5.32. The third kappa shape index (κ3) is 2.00. The van der Waals surface area contributed by atoms with Gasteiger partial charge in [-0.2, -0.15) is 0 Å². The molecule has 0 spiro atoms. The number of aryl methyl sites for hydroxylation is 4. The molecule has 3 aromatic carbocycles. The molecule has 0 amide bonds. The van der Waals surface area contributed by atoms with E-state index < -0.39 is 0 Å². The van der Waals surface area contributed by atoms with E-state index in [1.807, 2.05) is 0 Å². The van der Waals surface area contributed by atoms with E-state index in [9.17, 15) is 0 Å². The summed E-state index contributed by atoms with van der Waals surface area (Å²) in [6.45, 7) is 0. The van der Waals surface area contributed by atoms with Gasteiger partial charge in [-0.25, -0.2) is 4.98 Å². The van der Waals surface area contributed by atoms with E-state index in [0.717, 1.165) is 12.8 Å². The maximum Gasteiger partial charge on any atom is 0.0750 e. The molecule has 6 rings (SSSR count). The summed E-state index contributed by atoms with van der Waals surface area (Å²) >= 11 is 0. The third-order valence-corrected chi connectivity index (χ3v) is 6.31. The van der Waals surface area contributed by atoms with E-state index in [1.165, 1.54) is 80.9 Å². The number of rotatable bonds is 0. The second-order valence-electron chi connectivity index (χ2n) is 7.80. The van der Waals surface area contributed by atoms with Crippen molar-refractivity contribution in [2.75, 3.05) is 0 Å². The van der Waals surface area contributed by atoms with Crippen molar-refractivity contribution in [2.45, 2.75) is 38.5 Å². The van der Waals surface area contributed by atoms with Gasteiger partial charge in [-0.3, -0.25) is 0 Å². The minimum Gasteiger partial charge on any atom is -0.247 e. The lowest BCUT2D eigenvalue weighted by atomic mass is 9.84. The molecular weight excluding hydrogens is 314 g/mol. The van der Waals surface area contributed by atoms with Crippen LogP contribution in [0.1, 0.15) is 35.1 Å². The van der Waals surface area contributed by atoms with E-state index in [2.05, 4.69) is 54.6 Å². The van der Waals surface area contributed by atoms with Crippen molar-refractivity contribution >= 4 is 21.7 Å². The summed E-state index contributed by atoms with van der Waals surface area (Å²) in [7, 11) is 0. The predicted octanol–water partition coefficient (Wildman–Crippen LogP) is 6.03. The van der Waals surface area contributed by atoms with Crippen molar-refractivity contribution in [3.8, 4) is 11.3 Å². The van der Waals surface area contributed by atoms with Crippen LogP contribution >= 0.6 is 0 Å². The molecule has 0 bridgehead atoms. The van der Waals surface area contributed by atoms with Crippen LogP contribution in [0.2, 0.25) is 0 Å². The molecular formula is C25H21N. The Bertz CT molecular complexity index is 1190. The molecule has 1 nitrogen and oxygen atoms in total. The van der Waals surface area contributed by atoms with Gasteiger partial charge in [0.15, 0.2) is 0 Å². The van der Waals surface area contributed by atoms with E-state index in [0.29, 0.717) is 0 Å². The quantitative estimate of drug-likeness (QED) is 0.382. The summed E-state index contributed by atoms with van der Waals surface area (Å²) in [6.07, 6.45) is 7.22. The molecule has 4 aromatic rings. The van der Waals surface area contributed by atoms with Crippen LogP contribution in [0.3, 0.4) is 0 Å². The average molecular weight is 335 g/mol. The maximum atomic E-state index is 5.32. The first-order valence-corrected chi connectivity index (χ1v) is 9.84. The molecule has 0 fully saturated rings. The van der Waals surface area contributed by atoms with E-state index in [-0.39, 0.29) is 0 Å². The largest absolute Gasteiger partial charge is 0.247 e. The minimum atomic E-state index is 1.10. The van der Waals surface area contributed by atoms with E-state index in [4.69, 9.17) is 4.98 Å². The second-order valence-corrected chi connectivity index (χ2v) is 7.80. The van der Waals surface area contributed by atoms with Gasteiger partial charge < -0.3 is 0 Å². The Hall–Kier alpha value is -2.67. The van der Waals surface area contributed by atoms with Crippen LogP contribution in [-0.4, -0.2) is 4.98 Å². The zero-order valence-corrected chi connectivity index (χ0v) is 14.9. The Labute approximate surface area is 153 Å². The van der Waals surface area contributed by atoms with Crippen LogP contribution in [-0.2, 0) is 25.7 Å². The highest BCUT2D eigenvalue weighted by Gasteiger charge is 2.22. The second kappa shape index (κ2) is 5.41. The molecule has 0 saturated heterocycles. The number of aromatic nitrogens is 1. The number of hydrogen-bond donors (Lipinski definition) is 0. The van der Waals surface area contributed by atoms with E-state index >= 15 is 0 Å². The van der Waals surface area contributed by atoms with Crippen molar-refractivity contribution in [3.05, 3.63) is 76.9 Å². The minimum absolute atomic E-state index is 1.10. The summed E-state index contributed by atoms with van der Waals surface area (Å²) in [5, 5.41) is 3.99. The van der Waals surface area contributed by atoms with Crippen LogP contribution in [0, 0.1) is 0 Å². The number of nitrogens with zero attached hydrogens (tertiary/aromatic N) is 1. The number of fused-ring (bicyclic) bond motifs is 8. The average Bonchev–Trinajstić information content (AvgIpc) is 2.71. The normalized spacial score (nSPS) is 15.5. The molecule has 0 radical (unpaired) electrons. The van der Waals surface area contributed by atoms with E-state index in [1.54, 1.807) is 0 Å². The first kappa shape index (κ1) is 14.5. The highest BCUT2D eigenvalue weighted by molar-refractivity contribution is 6.00. The van der Waals surface area contributed by atoms with Crippen LogP contribution < -0.4 is 0 Å². The lowest BCUT2D eigenvalue weighted by molar-refractivity contribution is 0.689. The fourth-order valence-electron chi connectivity index (χ4n) is 5.00. The van der Waals surface area contributed by atoms with Gasteiger partial charge in [-0.15, -0.1) is 0 Å². The highest BCUT2D eigenvalue weighted by atomic mass is 14.7. The number of hydrogen-bond acceptors (Lipinski definition) is 1. The predicted molar refractivity (Wildman–Crippen MR) is 109 cm³/mol. The van der Waals surface area contributed by atoms with Crippen LogP contribution in [0.25, 0.3) is 32.9 Å². The fourth-order valence-corrected chi connectivity index (χ4v) is 5.00. The highest BCUT2D eigenvalue weighted by Crippen LogP contribution is 2.40. The lowest BCUT2D eigenvalue weighted by Crippen LogP contribution is -2.09. The van der Waals surface area contributed by atoms with Gasteiger partial charge in [-0.1, -0.05) is 48.5 Å². The van der Waals surface area contributed by atoms with Gasteiger partial charge >= 0.3 is 0 Å². The Kier molecular flexibility index (Phi) is 3.02.